The Kier molecular flexibility index (Phi) is 4.67. The standard InChI is InChI=1S/C25H21N3O3/c1-31-25(30)17-7-9-19-21(14-17)28-24(29)22(19)23(15-5-3-2-4-6-15)27-18-8-10-20-16(13-18)11-12-26-20/h2-10,13-14,26,28-29H,11-12H2,1H3. The number of nitrogens with one attached hydrogen (secondary N) is 2. The third kappa shape index (κ3) is 3.42. The average molecular weight is 411 g/mol. The molecule has 0 saturated carbocycles. The number of benzene rings is 3. The second-order valence-corrected chi connectivity index (χ2v) is 7.45. The summed E-state index contributed by atoms with van der Waals surface area (Å²) in [6, 6.07) is 21.0. The molecule has 3 N–H and O–H groups in total. The highest BCUT2D eigenvalue weighted by atomic mass is 16.5. The molecule has 0 amide bonds. The summed E-state index contributed by atoms with van der Waals surface area (Å²) < 4.78 is 4.81. The summed E-state index contributed by atoms with van der Waals surface area (Å²) in [5.74, 6) is -0.427. The molecule has 0 saturated heterocycles. The second-order valence-electron chi connectivity index (χ2n) is 7.45. The summed E-state index contributed by atoms with van der Waals surface area (Å²) in [4.78, 5) is 19.8. The number of hydrogen-bond donors (Lipinski definition) is 3. The molecule has 0 unspecified atom stereocenters. The zero-order chi connectivity index (χ0) is 21.4. The van der Waals surface area contributed by atoms with Gasteiger partial charge in [0.1, 0.15) is 0 Å². The van der Waals surface area contributed by atoms with Crippen LogP contribution in [0.1, 0.15) is 27.0 Å². The number of anilines is 1. The average Bonchev–Trinajstić information content (AvgIpc) is 3.40. The number of carbonyl (C=O) groups excluding carboxylic acids is 1. The van der Waals surface area contributed by atoms with Crippen LogP contribution in [0.2, 0.25) is 0 Å². The molecule has 6 nitrogen and oxygen atoms in total. The largest absolute Gasteiger partial charge is 0.494 e. The summed E-state index contributed by atoms with van der Waals surface area (Å²) in [5.41, 5.74) is 6.38. The maximum Gasteiger partial charge on any atom is 0.337 e. The number of carbonyl (C=O) groups is 1. The minimum atomic E-state index is -0.429. The van der Waals surface area contributed by atoms with Crippen LogP contribution in [-0.4, -0.2) is 35.4 Å². The number of aromatic hydroxyl groups is 1. The van der Waals surface area contributed by atoms with Crippen molar-refractivity contribution < 1.29 is 14.6 Å². The van der Waals surface area contributed by atoms with E-state index >= 15 is 0 Å². The van der Waals surface area contributed by atoms with Crippen molar-refractivity contribution in [1.29, 1.82) is 0 Å². The number of H-pyrrole nitrogens is 1. The summed E-state index contributed by atoms with van der Waals surface area (Å²) in [6.07, 6.45) is 0.966. The van der Waals surface area contributed by atoms with Crippen LogP contribution in [-0.2, 0) is 11.2 Å². The van der Waals surface area contributed by atoms with Crippen LogP contribution >= 0.6 is 0 Å². The van der Waals surface area contributed by atoms with Gasteiger partial charge in [0.2, 0.25) is 0 Å². The number of fused-ring (bicyclic) bond motifs is 2. The Morgan fingerprint density at radius 1 is 1.03 bits per heavy atom. The van der Waals surface area contributed by atoms with Gasteiger partial charge >= 0.3 is 5.97 Å². The van der Waals surface area contributed by atoms with Gasteiger partial charge in [-0.15, -0.1) is 0 Å². The number of rotatable bonds is 4. The minimum absolute atomic E-state index is 0.00226. The number of hydrogen-bond acceptors (Lipinski definition) is 5. The lowest BCUT2D eigenvalue weighted by Crippen LogP contribution is -2.03. The van der Waals surface area contributed by atoms with Crippen LogP contribution < -0.4 is 5.32 Å². The van der Waals surface area contributed by atoms with E-state index in [4.69, 9.17) is 9.73 Å². The molecule has 3 aromatic carbocycles. The lowest BCUT2D eigenvalue weighted by molar-refractivity contribution is 0.0601. The van der Waals surface area contributed by atoms with Gasteiger partial charge in [0.25, 0.3) is 0 Å². The van der Waals surface area contributed by atoms with Crippen molar-refractivity contribution in [3.05, 3.63) is 89.0 Å². The molecule has 154 valence electrons. The number of aliphatic imine (C=N–C) groups is 1. The molecule has 6 heteroatoms. The van der Waals surface area contributed by atoms with Gasteiger partial charge in [-0.1, -0.05) is 36.4 Å². The SMILES string of the molecule is COC(=O)c1ccc2c(C(=Nc3ccc4c(c3)CCN4)c3ccccc3)c(O)[nH]c2c1. The maximum absolute atomic E-state index is 11.9. The Morgan fingerprint density at radius 2 is 1.87 bits per heavy atom. The first-order chi connectivity index (χ1) is 15.1. The summed E-state index contributed by atoms with van der Waals surface area (Å²) in [6.45, 7) is 0.930. The smallest absolute Gasteiger partial charge is 0.337 e. The van der Waals surface area contributed by atoms with Crippen molar-refractivity contribution in [3.8, 4) is 5.88 Å². The zero-order valence-corrected chi connectivity index (χ0v) is 17.0. The number of esters is 1. The van der Waals surface area contributed by atoms with E-state index < -0.39 is 5.97 Å². The van der Waals surface area contributed by atoms with Crippen molar-refractivity contribution in [3.63, 3.8) is 0 Å². The Hall–Kier alpha value is -4.06. The molecule has 1 aliphatic heterocycles. The van der Waals surface area contributed by atoms with Crippen LogP contribution in [0.15, 0.2) is 71.7 Å². The van der Waals surface area contributed by atoms with Crippen molar-refractivity contribution in [2.75, 3.05) is 19.0 Å². The fourth-order valence-corrected chi connectivity index (χ4v) is 4.02. The zero-order valence-electron chi connectivity index (χ0n) is 17.0. The first kappa shape index (κ1) is 18.9. The Balaban J connectivity index is 1.70. The Morgan fingerprint density at radius 3 is 2.68 bits per heavy atom. The highest BCUT2D eigenvalue weighted by Crippen LogP contribution is 2.33. The molecule has 0 radical (unpaired) electrons. The van der Waals surface area contributed by atoms with E-state index in [1.807, 2.05) is 42.5 Å². The van der Waals surface area contributed by atoms with E-state index in [2.05, 4.69) is 16.4 Å². The summed E-state index contributed by atoms with van der Waals surface area (Å²) in [7, 11) is 1.34. The number of aromatic nitrogens is 1. The molecule has 5 rings (SSSR count). The summed E-state index contributed by atoms with van der Waals surface area (Å²) >= 11 is 0. The van der Waals surface area contributed by atoms with Gasteiger partial charge < -0.3 is 20.1 Å². The Labute approximate surface area is 179 Å². The third-order valence-electron chi connectivity index (χ3n) is 5.52. The lowest BCUT2D eigenvalue weighted by atomic mass is 10.00. The van der Waals surface area contributed by atoms with E-state index in [1.54, 1.807) is 18.2 Å². The van der Waals surface area contributed by atoms with Crippen LogP contribution in [0, 0.1) is 0 Å². The van der Waals surface area contributed by atoms with Gasteiger partial charge in [0.05, 0.1) is 29.6 Å². The van der Waals surface area contributed by atoms with Gasteiger partial charge in [-0.25, -0.2) is 9.79 Å². The van der Waals surface area contributed by atoms with Crippen molar-refractivity contribution in [1.82, 2.24) is 4.98 Å². The van der Waals surface area contributed by atoms with Gasteiger partial charge in [0, 0.05) is 28.7 Å². The van der Waals surface area contributed by atoms with Gasteiger partial charge in [-0.2, -0.15) is 0 Å². The number of ether oxygens (including phenoxy) is 1. The van der Waals surface area contributed by atoms with Crippen molar-refractivity contribution >= 4 is 34.0 Å². The minimum Gasteiger partial charge on any atom is -0.494 e. The number of methoxy groups -OCH3 is 1. The first-order valence-electron chi connectivity index (χ1n) is 10.1. The highest BCUT2D eigenvalue weighted by molar-refractivity contribution is 6.22. The summed E-state index contributed by atoms with van der Waals surface area (Å²) in [5, 5.41) is 15.0. The van der Waals surface area contributed by atoms with Gasteiger partial charge in [-0.3, -0.25) is 0 Å². The molecule has 4 aromatic rings. The lowest BCUT2D eigenvalue weighted by Gasteiger charge is -2.09. The van der Waals surface area contributed by atoms with Gasteiger partial charge in [-0.05, 0) is 42.3 Å². The van der Waals surface area contributed by atoms with E-state index in [9.17, 15) is 9.90 Å². The highest BCUT2D eigenvalue weighted by Gasteiger charge is 2.20. The predicted molar refractivity (Wildman–Crippen MR) is 122 cm³/mol. The molecular formula is C25H21N3O3. The van der Waals surface area contributed by atoms with E-state index in [0.717, 1.165) is 35.3 Å². The first-order valence-corrected chi connectivity index (χ1v) is 10.1. The molecule has 2 heterocycles. The fraction of sp³-hybridized carbons (Fsp3) is 0.120. The molecular weight excluding hydrogens is 390 g/mol. The van der Waals surface area contributed by atoms with Crippen LogP contribution in [0.4, 0.5) is 11.4 Å². The molecule has 1 aliphatic rings. The maximum atomic E-state index is 11.9. The molecule has 0 aliphatic carbocycles. The van der Waals surface area contributed by atoms with Gasteiger partial charge in [0.15, 0.2) is 5.88 Å². The Bertz CT molecular complexity index is 1320. The topological polar surface area (TPSA) is 86.7 Å². The molecule has 0 bridgehead atoms. The molecule has 31 heavy (non-hydrogen) atoms. The monoisotopic (exact) mass is 411 g/mol. The predicted octanol–water partition coefficient (Wildman–Crippen LogP) is 4.80. The quantitative estimate of drug-likeness (QED) is 0.333. The molecule has 0 atom stereocenters. The van der Waals surface area contributed by atoms with Crippen LogP contribution in [0.3, 0.4) is 0 Å². The molecule has 1 aromatic heterocycles. The second kappa shape index (κ2) is 7.65. The number of nitrogens with zero attached hydrogens (tertiary/aromatic N) is 1. The fourth-order valence-electron chi connectivity index (χ4n) is 4.02. The molecule has 0 fully saturated rings. The van der Waals surface area contributed by atoms with Crippen molar-refractivity contribution in [2.45, 2.75) is 6.42 Å². The van der Waals surface area contributed by atoms with Crippen LogP contribution in [0.5, 0.6) is 5.88 Å². The molecule has 0 spiro atoms. The van der Waals surface area contributed by atoms with E-state index in [-0.39, 0.29) is 5.88 Å². The third-order valence-corrected chi connectivity index (χ3v) is 5.52. The normalized spacial score (nSPS) is 13.1. The van der Waals surface area contributed by atoms with E-state index in [1.165, 1.54) is 12.7 Å². The van der Waals surface area contributed by atoms with Crippen LogP contribution in [0.25, 0.3) is 10.9 Å². The van der Waals surface area contributed by atoms with Crippen molar-refractivity contribution in [2.24, 2.45) is 4.99 Å². The van der Waals surface area contributed by atoms with E-state index in [0.29, 0.717) is 22.4 Å². The number of aromatic amines is 1.